The first-order valence-electron chi connectivity index (χ1n) is 18.1. The SMILES string of the molecule is CC(C)(C(=O)CC(N)C1CCCCC1)C(OC(=O)C(=O)OC(c1ccc(F)cc1)C(C)(C)C(=O)CC(N)C1CCCCC1)c1ccc(F)cc1. The minimum absolute atomic E-state index is 0.0449. The Labute approximate surface area is 295 Å². The molecule has 10 heteroatoms. The third-order valence-corrected chi connectivity index (χ3v) is 11.1. The third-order valence-electron chi connectivity index (χ3n) is 11.1. The first-order chi connectivity index (χ1) is 23.6. The van der Waals surface area contributed by atoms with Gasteiger partial charge in [-0.25, -0.2) is 18.4 Å². The highest BCUT2D eigenvalue weighted by Gasteiger charge is 2.45. The summed E-state index contributed by atoms with van der Waals surface area (Å²) >= 11 is 0. The number of carbonyl (C=O) groups excluding carboxylic acids is 4. The highest BCUT2D eigenvalue weighted by molar-refractivity contribution is 6.29. The summed E-state index contributed by atoms with van der Waals surface area (Å²) in [5.74, 6) is -3.98. The van der Waals surface area contributed by atoms with Crippen LogP contribution < -0.4 is 11.5 Å². The molecule has 0 amide bonds. The van der Waals surface area contributed by atoms with E-state index in [4.69, 9.17) is 20.9 Å². The summed E-state index contributed by atoms with van der Waals surface area (Å²) in [6.07, 6.45) is 7.79. The van der Waals surface area contributed by atoms with E-state index in [1.807, 2.05) is 0 Å². The maximum absolute atomic E-state index is 13.9. The standard InChI is InChI=1S/C40H54F2N2O6/c1-39(2,33(45)23-31(43)25-11-7-5-8-12-25)35(27-15-19-29(41)20-16-27)49-37(47)38(48)50-36(28-17-21-30(42)22-18-28)40(3,4)34(46)24-32(44)26-13-9-6-10-14-26/h15-22,25-26,31-32,35-36H,5-14,23-24,43-44H2,1-4H3. The maximum Gasteiger partial charge on any atom is 0.418 e. The lowest BCUT2D eigenvalue weighted by Gasteiger charge is -2.36. The zero-order chi connectivity index (χ0) is 36.6. The van der Waals surface area contributed by atoms with E-state index in [9.17, 15) is 28.0 Å². The molecular weight excluding hydrogens is 642 g/mol. The van der Waals surface area contributed by atoms with E-state index < -0.39 is 46.6 Å². The van der Waals surface area contributed by atoms with Crippen LogP contribution >= 0.6 is 0 Å². The number of Topliss-reactive ketones (excluding diaryl/α,β-unsaturated/α-hetero) is 2. The number of hydrogen-bond donors (Lipinski definition) is 2. The van der Waals surface area contributed by atoms with Crippen LogP contribution in [0, 0.1) is 34.3 Å². The Bertz CT molecular complexity index is 1350. The number of halogens is 2. The number of ether oxygens (including phenoxy) is 2. The van der Waals surface area contributed by atoms with Crippen molar-refractivity contribution in [2.45, 2.75) is 129 Å². The summed E-state index contributed by atoms with van der Waals surface area (Å²) in [4.78, 5) is 54.7. The fourth-order valence-corrected chi connectivity index (χ4v) is 7.55. The number of rotatable bonds is 14. The molecule has 8 nitrogen and oxygen atoms in total. The molecule has 2 fully saturated rings. The molecule has 274 valence electrons. The highest BCUT2D eigenvalue weighted by Crippen LogP contribution is 2.42. The zero-order valence-corrected chi connectivity index (χ0v) is 29.9. The van der Waals surface area contributed by atoms with Crippen LogP contribution in [0.4, 0.5) is 8.78 Å². The molecular formula is C40H54F2N2O6. The number of hydrogen-bond acceptors (Lipinski definition) is 8. The van der Waals surface area contributed by atoms with Crippen molar-refractivity contribution in [2.24, 2.45) is 34.1 Å². The number of ketones is 2. The predicted octanol–water partition coefficient (Wildman–Crippen LogP) is 7.62. The monoisotopic (exact) mass is 696 g/mol. The van der Waals surface area contributed by atoms with Crippen molar-refractivity contribution in [3.05, 3.63) is 71.3 Å². The van der Waals surface area contributed by atoms with Gasteiger partial charge in [-0.1, -0.05) is 62.8 Å². The summed E-state index contributed by atoms with van der Waals surface area (Å²) in [5.41, 5.74) is 10.9. The molecule has 0 spiro atoms. The van der Waals surface area contributed by atoms with E-state index in [-0.39, 0.29) is 48.3 Å². The van der Waals surface area contributed by atoms with E-state index in [0.29, 0.717) is 11.1 Å². The summed E-state index contributed by atoms with van der Waals surface area (Å²) in [5, 5.41) is 0. The molecule has 50 heavy (non-hydrogen) atoms. The first kappa shape index (κ1) is 39.3. The molecule has 4 rings (SSSR count). The number of benzene rings is 2. The Kier molecular flexibility index (Phi) is 13.5. The summed E-state index contributed by atoms with van der Waals surface area (Å²) in [6, 6.07) is 9.55. The van der Waals surface area contributed by atoms with E-state index in [2.05, 4.69) is 0 Å². The predicted molar refractivity (Wildman–Crippen MR) is 186 cm³/mol. The van der Waals surface area contributed by atoms with Gasteiger partial charge in [0.2, 0.25) is 0 Å². The number of nitrogens with two attached hydrogens (primary N) is 2. The first-order valence-corrected chi connectivity index (χ1v) is 18.1. The van der Waals surface area contributed by atoms with Crippen LogP contribution in [0.5, 0.6) is 0 Å². The molecule has 4 N–H and O–H groups in total. The fourth-order valence-electron chi connectivity index (χ4n) is 7.55. The van der Waals surface area contributed by atoms with Gasteiger partial charge in [-0.15, -0.1) is 0 Å². The third kappa shape index (κ3) is 9.84. The van der Waals surface area contributed by atoms with Gasteiger partial charge in [0.15, 0.2) is 0 Å². The normalized spacial score (nSPS) is 18.8. The molecule has 0 bridgehead atoms. The molecule has 4 unspecified atom stereocenters. The molecule has 0 heterocycles. The summed E-state index contributed by atoms with van der Waals surface area (Å²) < 4.78 is 39.4. The van der Waals surface area contributed by atoms with Crippen LogP contribution in [-0.2, 0) is 28.7 Å². The van der Waals surface area contributed by atoms with Crippen molar-refractivity contribution in [2.75, 3.05) is 0 Å². The highest BCUT2D eigenvalue weighted by atomic mass is 19.1. The molecule has 2 aromatic carbocycles. The van der Waals surface area contributed by atoms with E-state index in [1.54, 1.807) is 27.7 Å². The van der Waals surface area contributed by atoms with E-state index in [0.717, 1.165) is 64.2 Å². The lowest BCUT2D eigenvalue weighted by molar-refractivity contribution is -0.183. The van der Waals surface area contributed by atoms with Crippen molar-refractivity contribution in [3.63, 3.8) is 0 Å². The van der Waals surface area contributed by atoms with Crippen molar-refractivity contribution in [1.29, 1.82) is 0 Å². The van der Waals surface area contributed by atoms with Crippen molar-refractivity contribution >= 4 is 23.5 Å². The minimum atomic E-state index is -1.40. The lowest BCUT2D eigenvalue weighted by atomic mass is 9.74. The average Bonchev–Trinajstić information content (AvgIpc) is 3.10. The van der Waals surface area contributed by atoms with Crippen LogP contribution in [-0.4, -0.2) is 35.6 Å². The topological polar surface area (TPSA) is 139 Å². The smallest absolute Gasteiger partial charge is 0.418 e. The van der Waals surface area contributed by atoms with Crippen LogP contribution in [0.3, 0.4) is 0 Å². The average molecular weight is 697 g/mol. The molecule has 2 aliphatic rings. The minimum Gasteiger partial charge on any atom is -0.448 e. The van der Waals surface area contributed by atoms with E-state index >= 15 is 0 Å². The van der Waals surface area contributed by atoms with Crippen LogP contribution in [0.15, 0.2) is 48.5 Å². The van der Waals surface area contributed by atoms with Gasteiger partial charge in [-0.05, 0) is 101 Å². The Morgan fingerprint density at radius 1 is 0.600 bits per heavy atom. The molecule has 0 radical (unpaired) electrons. The maximum atomic E-state index is 13.9. The molecule has 0 aliphatic heterocycles. The van der Waals surface area contributed by atoms with Crippen molar-refractivity contribution < 1.29 is 37.4 Å². The second kappa shape index (κ2) is 17.1. The lowest BCUT2D eigenvalue weighted by Crippen LogP contribution is -2.42. The summed E-state index contributed by atoms with van der Waals surface area (Å²) in [7, 11) is 0. The van der Waals surface area contributed by atoms with Crippen molar-refractivity contribution in [3.8, 4) is 0 Å². The Morgan fingerprint density at radius 3 is 1.20 bits per heavy atom. The Hall–Kier alpha value is -3.50. The zero-order valence-electron chi connectivity index (χ0n) is 29.9. The van der Waals surface area contributed by atoms with Gasteiger partial charge in [-0.3, -0.25) is 9.59 Å². The Balaban J connectivity index is 1.56. The van der Waals surface area contributed by atoms with Crippen LogP contribution in [0.1, 0.15) is 128 Å². The van der Waals surface area contributed by atoms with Crippen molar-refractivity contribution in [1.82, 2.24) is 0 Å². The molecule has 2 aromatic rings. The van der Waals surface area contributed by atoms with Gasteiger partial charge in [-0.2, -0.15) is 0 Å². The van der Waals surface area contributed by atoms with Gasteiger partial charge >= 0.3 is 11.9 Å². The van der Waals surface area contributed by atoms with Gasteiger partial charge < -0.3 is 20.9 Å². The molecule has 0 aromatic heterocycles. The fraction of sp³-hybridized carbons (Fsp3) is 0.600. The van der Waals surface area contributed by atoms with Gasteiger partial charge in [0.05, 0.1) is 10.8 Å². The van der Waals surface area contributed by atoms with Gasteiger partial charge in [0.25, 0.3) is 0 Å². The van der Waals surface area contributed by atoms with Crippen LogP contribution in [0.2, 0.25) is 0 Å². The molecule has 2 aliphatic carbocycles. The second-order valence-corrected chi connectivity index (χ2v) is 15.5. The van der Waals surface area contributed by atoms with Gasteiger partial charge in [0.1, 0.15) is 35.4 Å². The number of esters is 2. The second-order valence-electron chi connectivity index (χ2n) is 15.5. The molecule has 2 saturated carbocycles. The van der Waals surface area contributed by atoms with E-state index in [1.165, 1.54) is 48.5 Å². The van der Waals surface area contributed by atoms with Crippen LogP contribution in [0.25, 0.3) is 0 Å². The molecule has 0 saturated heterocycles. The summed E-state index contributed by atoms with van der Waals surface area (Å²) in [6.45, 7) is 6.42. The quantitative estimate of drug-likeness (QED) is 0.152. The number of carbonyl (C=O) groups is 4. The van der Waals surface area contributed by atoms with Gasteiger partial charge in [0, 0.05) is 24.9 Å². The molecule has 4 atom stereocenters. The Morgan fingerprint density at radius 2 is 0.900 bits per heavy atom. The largest absolute Gasteiger partial charge is 0.448 e.